The number of hydrogen-bond acceptors (Lipinski definition) is 2. The van der Waals surface area contributed by atoms with Crippen LogP contribution in [0.5, 0.6) is 0 Å². The molecule has 0 radical (unpaired) electrons. The third-order valence-electron chi connectivity index (χ3n) is 3.26. The molecule has 0 unspecified atom stereocenters. The van der Waals surface area contributed by atoms with Gasteiger partial charge in [0.25, 0.3) is 0 Å². The Morgan fingerprint density at radius 2 is 2.11 bits per heavy atom. The van der Waals surface area contributed by atoms with E-state index in [1.165, 1.54) is 12.1 Å². The summed E-state index contributed by atoms with van der Waals surface area (Å²) in [7, 11) is 0. The quantitative estimate of drug-likeness (QED) is 0.863. The van der Waals surface area contributed by atoms with E-state index in [0.717, 1.165) is 0 Å². The van der Waals surface area contributed by atoms with Crippen LogP contribution < -0.4 is 0 Å². The highest BCUT2D eigenvalue weighted by molar-refractivity contribution is 9.10. The smallest absolute Gasteiger partial charge is 0.143 e. The lowest BCUT2D eigenvalue weighted by Gasteiger charge is -2.43. The summed E-state index contributed by atoms with van der Waals surface area (Å²) >= 11 is 3.02. The Labute approximate surface area is 113 Å². The van der Waals surface area contributed by atoms with E-state index in [0.29, 0.717) is 19.4 Å². The predicted molar refractivity (Wildman–Crippen MR) is 67.4 cm³/mol. The van der Waals surface area contributed by atoms with Crippen molar-refractivity contribution < 1.29 is 18.6 Å². The maximum absolute atomic E-state index is 13.8. The molecule has 0 amide bonds. The number of ether oxygens (including phenoxy) is 1. The predicted octanol–water partition coefficient (Wildman–Crippen LogP) is 3.20. The highest BCUT2D eigenvalue weighted by atomic mass is 79.9. The van der Waals surface area contributed by atoms with E-state index >= 15 is 0 Å². The maximum Gasteiger partial charge on any atom is 0.143 e. The van der Waals surface area contributed by atoms with Crippen molar-refractivity contribution in [1.29, 1.82) is 0 Å². The summed E-state index contributed by atoms with van der Waals surface area (Å²) in [6.07, 6.45) is 0.824. The van der Waals surface area contributed by atoms with E-state index in [2.05, 4.69) is 15.9 Å². The molecule has 2 nitrogen and oxygen atoms in total. The topological polar surface area (TPSA) is 29.5 Å². The van der Waals surface area contributed by atoms with Gasteiger partial charge in [0.2, 0.25) is 0 Å². The lowest BCUT2D eigenvalue weighted by molar-refractivity contribution is -0.136. The molecule has 2 rings (SSSR count). The first kappa shape index (κ1) is 13.9. The maximum atomic E-state index is 13.8. The molecular formula is C13H15BrF2O2. The molecule has 1 N–H and O–H groups in total. The second-order valence-corrected chi connectivity index (χ2v) is 5.56. The first-order valence-electron chi connectivity index (χ1n) is 5.91. The Kier molecular flexibility index (Phi) is 4.04. The zero-order chi connectivity index (χ0) is 13.3. The lowest BCUT2D eigenvalue weighted by Crippen LogP contribution is -2.50. The van der Waals surface area contributed by atoms with Gasteiger partial charge in [-0.3, -0.25) is 0 Å². The van der Waals surface area contributed by atoms with Crippen LogP contribution in [-0.4, -0.2) is 23.4 Å². The Balaban J connectivity index is 2.09. The molecule has 1 aromatic carbocycles. The Hall–Kier alpha value is -0.520. The van der Waals surface area contributed by atoms with Gasteiger partial charge in [0.15, 0.2) is 0 Å². The molecule has 0 atom stereocenters. The third-order valence-corrected chi connectivity index (χ3v) is 3.87. The fraction of sp³-hybridized carbons (Fsp3) is 0.538. The Bertz CT molecular complexity index is 445. The summed E-state index contributed by atoms with van der Waals surface area (Å²) in [5, 5.41) is 10.2. The molecule has 18 heavy (non-hydrogen) atoms. The molecule has 1 aromatic rings. The van der Waals surface area contributed by atoms with Crippen molar-refractivity contribution in [2.24, 2.45) is 0 Å². The second kappa shape index (κ2) is 5.23. The monoisotopic (exact) mass is 320 g/mol. The van der Waals surface area contributed by atoms with Crippen LogP contribution in [0.2, 0.25) is 0 Å². The molecule has 0 aromatic heterocycles. The minimum Gasteiger partial charge on any atom is -0.389 e. The zero-order valence-electron chi connectivity index (χ0n) is 10.0. The molecule has 0 heterocycles. The van der Waals surface area contributed by atoms with E-state index in [1.807, 2.05) is 6.92 Å². The largest absolute Gasteiger partial charge is 0.389 e. The van der Waals surface area contributed by atoms with Gasteiger partial charge >= 0.3 is 0 Å². The van der Waals surface area contributed by atoms with Crippen LogP contribution in [0.3, 0.4) is 0 Å². The van der Waals surface area contributed by atoms with Gasteiger partial charge < -0.3 is 9.84 Å². The van der Waals surface area contributed by atoms with Crippen molar-refractivity contribution in [2.75, 3.05) is 6.61 Å². The summed E-state index contributed by atoms with van der Waals surface area (Å²) < 4.78 is 32.9. The van der Waals surface area contributed by atoms with Crippen molar-refractivity contribution in [3.05, 3.63) is 33.8 Å². The van der Waals surface area contributed by atoms with Gasteiger partial charge in [-0.05, 0) is 35.0 Å². The van der Waals surface area contributed by atoms with Crippen molar-refractivity contribution in [3.8, 4) is 0 Å². The molecule has 100 valence electrons. The van der Waals surface area contributed by atoms with Crippen LogP contribution in [-0.2, 0) is 11.2 Å². The van der Waals surface area contributed by atoms with Crippen LogP contribution in [0.15, 0.2) is 16.6 Å². The fourth-order valence-corrected chi connectivity index (χ4v) is 2.72. The lowest BCUT2D eigenvalue weighted by atomic mass is 9.73. The van der Waals surface area contributed by atoms with Crippen LogP contribution in [0.4, 0.5) is 8.78 Å². The molecule has 1 aliphatic rings. The normalized spacial score (nSPS) is 27.1. The molecule has 1 saturated carbocycles. The molecule has 0 saturated heterocycles. The average molecular weight is 321 g/mol. The van der Waals surface area contributed by atoms with Gasteiger partial charge in [-0.15, -0.1) is 0 Å². The summed E-state index contributed by atoms with van der Waals surface area (Å²) in [6.45, 7) is 2.46. The van der Waals surface area contributed by atoms with E-state index < -0.39 is 17.2 Å². The highest BCUT2D eigenvalue weighted by Crippen LogP contribution is 2.38. The van der Waals surface area contributed by atoms with Gasteiger partial charge in [0.1, 0.15) is 11.6 Å². The average Bonchev–Trinajstić information content (AvgIpc) is 2.28. The molecule has 1 fully saturated rings. The molecule has 1 aliphatic carbocycles. The number of rotatable bonds is 4. The number of hydrogen-bond donors (Lipinski definition) is 1. The van der Waals surface area contributed by atoms with Crippen molar-refractivity contribution in [1.82, 2.24) is 0 Å². The van der Waals surface area contributed by atoms with E-state index in [1.54, 1.807) is 0 Å². The van der Waals surface area contributed by atoms with Gasteiger partial charge in [-0.2, -0.15) is 0 Å². The van der Waals surface area contributed by atoms with Gasteiger partial charge in [0.05, 0.1) is 16.2 Å². The van der Waals surface area contributed by atoms with Gasteiger partial charge in [-0.25, -0.2) is 8.78 Å². The minimum absolute atomic E-state index is 0.00160. The van der Waals surface area contributed by atoms with Gasteiger partial charge in [0, 0.05) is 31.4 Å². The second-order valence-electron chi connectivity index (χ2n) is 4.71. The first-order valence-corrected chi connectivity index (χ1v) is 6.71. The van der Waals surface area contributed by atoms with Crippen molar-refractivity contribution in [2.45, 2.75) is 37.9 Å². The van der Waals surface area contributed by atoms with E-state index in [-0.39, 0.29) is 22.6 Å². The number of benzene rings is 1. The summed E-state index contributed by atoms with van der Waals surface area (Å²) in [5.74, 6) is -1.26. The van der Waals surface area contributed by atoms with E-state index in [4.69, 9.17) is 4.74 Å². The van der Waals surface area contributed by atoms with Crippen molar-refractivity contribution >= 4 is 15.9 Å². The minimum atomic E-state index is -1.05. The fourth-order valence-electron chi connectivity index (χ4n) is 2.35. The summed E-state index contributed by atoms with van der Waals surface area (Å²) in [5.41, 5.74) is -1.12. The van der Waals surface area contributed by atoms with Crippen LogP contribution in [0.1, 0.15) is 25.3 Å². The Morgan fingerprint density at radius 1 is 1.44 bits per heavy atom. The Morgan fingerprint density at radius 3 is 2.72 bits per heavy atom. The third kappa shape index (κ3) is 2.73. The van der Waals surface area contributed by atoms with Crippen LogP contribution in [0, 0.1) is 11.6 Å². The molecular weight excluding hydrogens is 306 g/mol. The summed E-state index contributed by atoms with van der Waals surface area (Å²) in [6, 6.07) is 2.52. The molecule has 0 spiro atoms. The van der Waals surface area contributed by atoms with Crippen molar-refractivity contribution in [3.63, 3.8) is 0 Å². The standard InChI is InChI=1S/C13H15BrF2O2/c1-2-18-8-5-13(17,6-8)7-9-11(15)4-3-10(14)12(9)16/h3-4,8,17H,2,5-7H2,1H3. The van der Waals surface area contributed by atoms with Crippen LogP contribution in [0.25, 0.3) is 0 Å². The van der Waals surface area contributed by atoms with Gasteiger partial charge in [-0.1, -0.05) is 0 Å². The highest BCUT2D eigenvalue weighted by Gasteiger charge is 2.44. The molecule has 5 heteroatoms. The van der Waals surface area contributed by atoms with E-state index in [9.17, 15) is 13.9 Å². The SMILES string of the molecule is CCOC1CC(O)(Cc2c(F)ccc(Br)c2F)C1. The number of halogens is 3. The summed E-state index contributed by atoms with van der Waals surface area (Å²) in [4.78, 5) is 0. The molecule has 0 aliphatic heterocycles. The van der Waals surface area contributed by atoms with Crippen LogP contribution >= 0.6 is 15.9 Å². The number of aliphatic hydroxyl groups is 1. The molecule has 0 bridgehead atoms. The zero-order valence-corrected chi connectivity index (χ0v) is 11.6. The first-order chi connectivity index (χ1) is 8.45.